The summed E-state index contributed by atoms with van der Waals surface area (Å²) in [5.74, 6) is 0. The molecule has 54 heavy (non-hydrogen) atoms. The Bertz CT molecular complexity index is 3040. The summed E-state index contributed by atoms with van der Waals surface area (Å²) < 4.78 is 0. The first-order valence-electron chi connectivity index (χ1n) is 19.2. The SMILES string of the molecule is Cc1cc(C2=c3ccc4cc(C(C)(C)O)cc5ccc(c3c54)CC2)ccc1-c1ccc(-c2ccc3ccc4cc(C(C)(C)O)cc5ccc2c3c45)cc1C. The second-order valence-electron chi connectivity index (χ2n) is 16.9. The first kappa shape index (κ1) is 33.1. The molecule has 0 saturated heterocycles. The fraction of sp³-hybridized carbons (Fsp3) is 0.192. The molecular formula is C52H44O2. The van der Waals surface area contributed by atoms with Gasteiger partial charge in [0.1, 0.15) is 0 Å². The van der Waals surface area contributed by atoms with E-state index in [1.165, 1.54) is 98.4 Å². The Morgan fingerprint density at radius 1 is 0.426 bits per heavy atom. The van der Waals surface area contributed by atoms with Crippen LogP contribution in [0.3, 0.4) is 0 Å². The van der Waals surface area contributed by atoms with Gasteiger partial charge in [0.25, 0.3) is 0 Å². The van der Waals surface area contributed by atoms with Crippen molar-refractivity contribution in [2.75, 3.05) is 0 Å². The van der Waals surface area contributed by atoms with Crippen LogP contribution in [0.1, 0.15) is 67.5 Å². The van der Waals surface area contributed by atoms with E-state index in [2.05, 4.69) is 135 Å². The van der Waals surface area contributed by atoms with E-state index in [-0.39, 0.29) is 0 Å². The molecule has 10 rings (SSSR count). The zero-order chi connectivity index (χ0) is 37.3. The molecule has 0 amide bonds. The summed E-state index contributed by atoms with van der Waals surface area (Å²) in [7, 11) is 0. The lowest BCUT2D eigenvalue weighted by atomic mass is 9.82. The summed E-state index contributed by atoms with van der Waals surface area (Å²) >= 11 is 0. The third kappa shape index (κ3) is 5.01. The minimum atomic E-state index is -0.898. The molecule has 0 atom stereocenters. The van der Waals surface area contributed by atoms with Crippen LogP contribution in [0.5, 0.6) is 0 Å². The number of aryl methyl sites for hydroxylation is 3. The van der Waals surface area contributed by atoms with E-state index in [4.69, 9.17) is 0 Å². The topological polar surface area (TPSA) is 40.5 Å². The lowest BCUT2D eigenvalue weighted by Gasteiger charge is -2.23. The zero-order valence-corrected chi connectivity index (χ0v) is 31.9. The normalized spacial score (nSPS) is 13.7. The van der Waals surface area contributed by atoms with Gasteiger partial charge >= 0.3 is 0 Å². The van der Waals surface area contributed by atoms with Gasteiger partial charge in [-0.05, 0) is 199 Å². The van der Waals surface area contributed by atoms with E-state index in [1.54, 1.807) is 0 Å². The molecule has 0 unspecified atom stereocenters. The number of hydrogen-bond acceptors (Lipinski definition) is 2. The molecule has 0 aromatic heterocycles. The first-order chi connectivity index (χ1) is 25.8. The number of aliphatic hydroxyl groups is 2. The molecule has 0 fully saturated rings. The Labute approximate surface area is 316 Å². The van der Waals surface area contributed by atoms with Crippen LogP contribution in [0.15, 0.2) is 121 Å². The largest absolute Gasteiger partial charge is 0.386 e. The zero-order valence-electron chi connectivity index (χ0n) is 31.9. The van der Waals surface area contributed by atoms with Gasteiger partial charge in [-0.3, -0.25) is 0 Å². The van der Waals surface area contributed by atoms with E-state index in [9.17, 15) is 10.2 Å². The molecule has 1 aliphatic rings. The van der Waals surface area contributed by atoms with Crippen molar-refractivity contribution in [3.8, 4) is 22.3 Å². The quantitative estimate of drug-likeness (QED) is 0.176. The molecule has 0 aliphatic heterocycles. The predicted octanol–water partition coefficient (Wildman–Crippen LogP) is 12.2. The average molecular weight is 701 g/mol. The molecule has 9 aromatic rings. The molecule has 0 bridgehead atoms. The summed E-state index contributed by atoms with van der Waals surface area (Å²) in [6, 6.07) is 45.1. The standard InChI is InChI=1S/C52H44O2/c1-29-23-33(43-19-11-31-7-9-35-25-39(51(3,4)53)27-37-15-21-45(43)49(31)47(35)37)13-17-41(29)42-18-14-34(24-30(42)2)44-20-12-32-8-10-36-26-40(52(5,6)54)28-38-16-22-46(44)50(32)48(36)38/h7-11,13-19,21-28,53-54H,12,20H2,1-6H3. The third-order valence-corrected chi connectivity index (χ3v) is 12.3. The molecular weight excluding hydrogens is 657 g/mol. The van der Waals surface area contributed by atoms with Crippen LogP contribution in [0.4, 0.5) is 0 Å². The summed E-state index contributed by atoms with van der Waals surface area (Å²) in [4.78, 5) is 0. The van der Waals surface area contributed by atoms with Gasteiger partial charge in [0.05, 0.1) is 11.2 Å². The molecule has 0 radical (unpaired) electrons. The summed E-state index contributed by atoms with van der Waals surface area (Å²) in [5, 5.41) is 35.4. The Morgan fingerprint density at radius 3 is 1.52 bits per heavy atom. The van der Waals surface area contributed by atoms with E-state index >= 15 is 0 Å². The van der Waals surface area contributed by atoms with Crippen molar-refractivity contribution in [2.45, 2.75) is 65.6 Å². The lowest BCUT2D eigenvalue weighted by molar-refractivity contribution is 0.0783. The molecule has 0 spiro atoms. The lowest BCUT2D eigenvalue weighted by Crippen LogP contribution is -2.18. The first-order valence-corrected chi connectivity index (χ1v) is 19.2. The second kappa shape index (κ2) is 11.5. The van der Waals surface area contributed by atoms with Gasteiger partial charge in [0, 0.05) is 0 Å². The monoisotopic (exact) mass is 700 g/mol. The molecule has 0 heterocycles. The van der Waals surface area contributed by atoms with Crippen molar-refractivity contribution in [1.29, 1.82) is 0 Å². The van der Waals surface area contributed by atoms with Gasteiger partial charge in [0.15, 0.2) is 0 Å². The molecule has 1 aliphatic carbocycles. The number of benzene rings is 9. The highest BCUT2D eigenvalue weighted by molar-refractivity contribution is 6.25. The fourth-order valence-electron chi connectivity index (χ4n) is 9.46. The molecule has 9 aromatic carbocycles. The summed E-state index contributed by atoms with van der Waals surface area (Å²) in [6.07, 6.45) is 2.04. The minimum Gasteiger partial charge on any atom is -0.386 e. The van der Waals surface area contributed by atoms with Crippen molar-refractivity contribution < 1.29 is 10.2 Å². The Morgan fingerprint density at radius 2 is 0.907 bits per heavy atom. The minimum absolute atomic E-state index is 0.887. The maximum atomic E-state index is 10.8. The van der Waals surface area contributed by atoms with Crippen LogP contribution in [-0.4, -0.2) is 10.2 Å². The fourth-order valence-corrected chi connectivity index (χ4v) is 9.46. The van der Waals surface area contributed by atoms with Crippen LogP contribution in [0, 0.1) is 13.8 Å². The van der Waals surface area contributed by atoms with E-state index in [1.807, 2.05) is 27.7 Å². The highest BCUT2D eigenvalue weighted by Crippen LogP contribution is 2.42. The molecule has 264 valence electrons. The third-order valence-electron chi connectivity index (χ3n) is 12.3. The van der Waals surface area contributed by atoms with Crippen LogP contribution in [-0.2, 0) is 17.6 Å². The van der Waals surface area contributed by atoms with Crippen molar-refractivity contribution in [3.63, 3.8) is 0 Å². The van der Waals surface area contributed by atoms with Crippen LogP contribution in [0.25, 0.3) is 81.7 Å². The van der Waals surface area contributed by atoms with Crippen LogP contribution < -0.4 is 5.22 Å². The maximum absolute atomic E-state index is 10.8. The molecule has 2 nitrogen and oxygen atoms in total. The predicted molar refractivity (Wildman–Crippen MR) is 228 cm³/mol. The Kier molecular flexibility index (Phi) is 7.03. The number of hydrogen-bond donors (Lipinski definition) is 2. The highest BCUT2D eigenvalue weighted by Gasteiger charge is 2.23. The van der Waals surface area contributed by atoms with Gasteiger partial charge in [0.2, 0.25) is 0 Å². The molecule has 2 N–H and O–H groups in total. The summed E-state index contributed by atoms with van der Waals surface area (Å²) in [6.45, 7) is 11.9. The van der Waals surface area contributed by atoms with Crippen LogP contribution in [0.2, 0.25) is 0 Å². The van der Waals surface area contributed by atoms with Crippen molar-refractivity contribution in [1.82, 2.24) is 0 Å². The highest BCUT2D eigenvalue weighted by atomic mass is 16.3. The van der Waals surface area contributed by atoms with E-state index in [0.717, 1.165) is 34.7 Å². The Hall–Kier alpha value is -5.54. The number of rotatable bonds is 5. The van der Waals surface area contributed by atoms with Gasteiger partial charge in [-0.15, -0.1) is 0 Å². The second-order valence-corrected chi connectivity index (χ2v) is 16.9. The van der Waals surface area contributed by atoms with Gasteiger partial charge in [-0.25, -0.2) is 0 Å². The van der Waals surface area contributed by atoms with E-state index in [0.29, 0.717) is 0 Å². The smallest absolute Gasteiger partial charge is 0.0840 e. The Balaban J connectivity index is 1.05. The van der Waals surface area contributed by atoms with Crippen molar-refractivity contribution in [2.24, 2.45) is 0 Å². The van der Waals surface area contributed by atoms with Crippen molar-refractivity contribution in [3.05, 3.63) is 160 Å². The van der Waals surface area contributed by atoms with E-state index < -0.39 is 11.2 Å². The van der Waals surface area contributed by atoms with Crippen LogP contribution >= 0.6 is 0 Å². The molecule has 0 saturated carbocycles. The summed E-state index contributed by atoms with van der Waals surface area (Å²) in [5.41, 5.74) is 11.8. The van der Waals surface area contributed by atoms with Gasteiger partial charge in [-0.2, -0.15) is 0 Å². The van der Waals surface area contributed by atoms with Gasteiger partial charge < -0.3 is 10.2 Å². The molecule has 2 heteroatoms. The van der Waals surface area contributed by atoms with Gasteiger partial charge in [-0.1, -0.05) is 97.1 Å². The van der Waals surface area contributed by atoms with Crippen molar-refractivity contribution >= 4 is 59.4 Å². The maximum Gasteiger partial charge on any atom is 0.0840 e. The average Bonchev–Trinajstić information content (AvgIpc) is 3.15.